The fourth-order valence-electron chi connectivity index (χ4n) is 2.21. The molecular weight excluding hydrogens is 292 g/mol. The predicted octanol–water partition coefficient (Wildman–Crippen LogP) is 3.05. The largest absolute Gasteiger partial charge is 0.495 e. The number of amides is 1. The summed E-state index contributed by atoms with van der Waals surface area (Å²) in [7, 11) is 1.57. The van der Waals surface area contributed by atoms with Gasteiger partial charge in [0.25, 0.3) is 0 Å². The number of hydrogen-bond acceptors (Lipinski definition) is 4. The Kier molecular flexibility index (Phi) is 5.36. The standard InChI is InChI=1S/C18H20N2O3/c1-12(21)14-5-7-15(8-6-14)20-18(22)10-4-13-3-9-17(23-2)16(19)11-13/h3,5-9,11H,4,10,19H2,1-2H3,(H,20,22). The number of ether oxygens (including phenoxy) is 1. The van der Waals surface area contributed by atoms with Crippen molar-refractivity contribution in [3.8, 4) is 5.75 Å². The van der Waals surface area contributed by atoms with Gasteiger partial charge in [0, 0.05) is 17.7 Å². The van der Waals surface area contributed by atoms with Gasteiger partial charge in [-0.3, -0.25) is 9.59 Å². The molecule has 3 N–H and O–H groups in total. The second kappa shape index (κ2) is 7.45. The van der Waals surface area contributed by atoms with Crippen molar-refractivity contribution in [2.75, 3.05) is 18.2 Å². The first-order valence-corrected chi connectivity index (χ1v) is 7.33. The number of hydrogen-bond donors (Lipinski definition) is 2. The van der Waals surface area contributed by atoms with Gasteiger partial charge in [0.05, 0.1) is 12.8 Å². The van der Waals surface area contributed by atoms with Crippen molar-refractivity contribution >= 4 is 23.1 Å². The number of ketones is 1. The molecule has 120 valence electrons. The Labute approximate surface area is 135 Å². The van der Waals surface area contributed by atoms with Crippen molar-refractivity contribution in [3.05, 3.63) is 53.6 Å². The van der Waals surface area contributed by atoms with Crippen molar-refractivity contribution in [2.24, 2.45) is 0 Å². The molecule has 0 fully saturated rings. The van der Waals surface area contributed by atoms with Crippen LogP contribution >= 0.6 is 0 Å². The topological polar surface area (TPSA) is 81.4 Å². The van der Waals surface area contributed by atoms with Crippen molar-refractivity contribution in [1.29, 1.82) is 0 Å². The summed E-state index contributed by atoms with van der Waals surface area (Å²) in [5.41, 5.74) is 8.68. The van der Waals surface area contributed by atoms with Gasteiger partial charge >= 0.3 is 0 Å². The molecule has 0 saturated heterocycles. The van der Waals surface area contributed by atoms with E-state index in [1.165, 1.54) is 6.92 Å². The molecule has 0 spiro atoms. The quantitative estimate of drug-likeness (QED) is 0.634. The van der Waals surface area contributed by atoms with Gasteiger partial charge in [0.2, 0.25) is 5.91 Å². The van der Waals surface area contributed by atoms with Gasteiger partial charge < -0.3 is 15.8 Å². The molecule has 0 aliphatic carbocycles. The van der Waals surface area contributed by atoms with Gasteiger partial charge in [-0.1, -0.05) is 6.07 Å². The van der Waals surface area contributed by atoms with Crippen LogP contribution in [-0.2, 0) is 11.2 Å². The highest BCUT2D eigenvalue weighted by Gasteiger charge is 2.06. The highest BCUT2D eigenvalue weighted by atomic mass is 16.5. The number of rotatable bonds is 6. The molecule has 0 heterocycles. The number of benzene rings is 2. The zero-order chi connectivity index (χ0) is 16.8. The number of aryl methyl sites for hydroxylation is 1. The molecular formula is C18H20N2O3. The van der Waals surface area contributed by atoms with Crippen molar-refractivity contribution < 1.29 is 14.3 Å². The first-order chi connectivity index (χ1) is 11.0. The third-order valence-corrected chi connectivity index (χ3v) is 3.51. The molecule has 5 heteroatoms. The summed E-state index contributed by atoms with van der Waals surface area (Å²) in [6, 6.07) is 12.3. The summed E-state index contributed by atoms with van der Waals surface area (Å²) in [6.45, 7) is 1.51. The minimum Gasteiger partial charge on any atom is -0.495 e. The molecule has 2 aromatic carbocycles. The first-order valence-electron chi connectivity index (χ1n) is 7.33. The molecule has 0 saturated carbocycles. The van der Waals surface area contributed by atoms with Crippen LogP contribution in [0.5, 0.6) is 5.75 Å². The normalized spacial score (nSPS) is 10.2. The number of Topliss-reactive ketones (excluding diaryl/α,β-unsaturated/α-hetero) is 1. The molecule has 0 atom stereocenters. The maximum Gasteiger partial charge on any atom is 0.224 e. The van der Waals surface area contributed by atoms with Crippen LogP contribution in [0.1, 0.15) is 29.3 Å². The monoisotopic (exact) mass is 312 g/mol. The van der Waals surface area contributed by atoms with Gasteiger partial charge in [0.1, 0.15) is 5.75 Å². The van der Waals surface area contributed by atoms with E-state index >= 15 is 0 Å². The number of nitrogens with one attached hydrogen (secondary N) is 1. The lowest BCUT2D eigenvalue weighted by molar-refractivity contribution is -0.116. The highest BCUT2D eigenvalue weighted by Crippen LogP contribution is 2.22. The molecule has 2 rings (SSSR count). The Bertz CT molecular complexity index is 709. The van der Waals surface area contributed by atoms with Gasteiger partial charge in [-0.25, -0.2) is 0 Å². The van der Waals surface area contributed by atoms with Crippen LogP contribution in [0.15, 0.2) is 42.5 Å². The van der Waals surface area contributed by atoms with Crippen LogP contribution in [-0.4, -0.2) is 18.8 Å². The minimum atomic E-state index is -0.0880. The fraction of sp³-hybridized carbons (Fsp3) is 0.222. The molecule has 0 aliphatic heterocycles. The Morgan fingerprint density at radius 2 is 1.83 bits per heavy atom. The van der Waals surface area contributed by atoms with Crippen molar-refractivity contribution in [3.63, 3.8) is 0 Å². The van der Waals surface area contributed by atoms with Gasteiger partial charge in [-0.05, 0) is 55.3 Å². The van der Waals surface area contributed by atoms with Crippen LogP contribution in [0.25, 0.3) is 0 Å². The molecule has 0 unspecified atom stereocenters. The minimum absolute atomic E-state index is 0.0000268. The Morgan fingerprint density at radius 3 is 2.39 bits per heavy atom. The van der Waals surface area contributed by atoms with E-state index in [1.54, 1.807) is 37.4 Å². The Balaban J connectivity index is 1.89. The van der Waals surface area contributed by atoms with Crippen LogP contribution in [0.4, 0.5) is 11.4 Å². The second-order valence-corrected chi connectivity index (χ2v) is 5.26. The summed E-state index contributed by atoms with van der Waals surface area (Å²) < 4.78 is 5.10. The average molecular weight is 312 g/mol. The Morgan fingerprint density at radius 1 is 1.13 bits per heavy atom. The van der Waals surface area contributed by atoms with E-state index in [4.69, 9.17) is 10.5 Å². The molecule has 0 bridgehead atoms. The smallest absolute Gasteiger partial charge is 0.224 e. The summed E-state index contributed by atoms with van der Waals surface area (Å²) in [5.74, 6) is 0.540. The average Bonchev–Trinajstić information content (AvgIpc) is 2.53. The molecule has 0 aromatic heterocycles. The van der Waals surface area contributed by atoms with Gasteiger partial charge in [-0.15, -0.1) is 0 Å². The zero-order valence-corrected chi connectivity index (χ0v) is 13.3. The number of carbonyl (C=O) groups excluding carboxylic acids is 2. The lowest BCUT2D eigenvalue weighted by Gasteiger charge is -2.08. The van der Waals surface area contributed by atoms with Crippen molar-refractivity contribution in [1.82, 2.24) is 0 Å². The molecule has 23 heavy (non-hydrogen) atoms. The van der Waals surface area contributed by atoms with Crippen LogP contribution < -0.4 is 15.8 Å². The summed E-state index contributed by atoms with van der Waals surface area (Å²) in [6.07, 6.45) is 0.936. The molecule has 0 aliphatic rings. The third-order valence-electron chi connectivity index (χ3n) is 3.51. The lowest BCUT2D eigenvalue weighted by Crippen LogP contribution is -2.12. The SMILES string of the molecule is COc1ccc(CCC(=O)Nc2ccc(C(C)=O)cc2)cc1N. The first kappa shape index (κ1) is 16.5. The Hall–Kier alpha value is -2.82. The van der Waals surface area contributed by atoms with E-state index in [0.717, 1.165) is 5.56 Å². The van der Waals surface area contributed by atoms with Crippen molar-refractivity contribution in [2.45, 2.75) is 19.8 Å². The van der Waals surface area contributed by atoms with E-state index in [1.807, 2.05) is 12.1 Å². The number of nitrogen functional groups attached to an aromatic ring is 1. The summed E-state index contributed by atoms with van der Waals surface area (Å²) in [4.78, 5) is 23.2. The van der Waals surface area contributed by atoms with Crippen LogP contribution in [0, 0.1) is 0 Å². The molecule has 5 nitrogen and oxygen atoms in total. The molecule has 0 radical (unpaired) electrons. The molecule has 1 amide bonds. The highest BCUT2D eigenvalue weighted by molar-refractivity contribution is 5.95. The number of anilines is 2. The second-order valence-electron chi connectivity index (χ2n) is 5.26. The summed E-state index contributed by atoms with van der Waals surface area (Å²) >= 11 is 0. The third kappa shape index (κ3) is 4.57. The van der Waals surface area contributed by atoms with Crippen LogP contribution in [0.2, 0.25) is 0 Å². The predicted molar refractivity (Wildman–Crippen MR) is 90.8 cm³/mol. The van der Waals surface area contributed by atoms with Crippen LogP contribution in [0.3, 0.4) is 0 Å². The maximum atomic E-state index is 12.0. The summed E-state index contributed by atoms with van der Waals surface area (Å²) in [5, 5.41) is 2.81. The number of carbonyl (C=O) groups is 2. The van der Waals surface area contributed by atoms with E-state index < -0.39 is 0 Å². The van der Waals surface area contributed by atoms with Gasteiger partial charge in [0.15, 0.2) is 5.78 Å². The van der Waals surface area contributed by atoms with E-state index in [-0.39, 0.29) is 11.7 Å². The van der Waals surface area contributed by atoms with Gasteiger partial charge in [-0.2, -0.15) is 0 Å². The van der Waals surface area contributed by atoms with E-state index in [9.17, 15) is 9.59 Å². The van der Waals surface area contributed by atoms with E-state index in [0.29, 0.717) is 35.5 Å². The number of nitrogens with two attached hydrogens (primary N) is 1. The molecule has 2 aromatic rings. The fourth-order valence-corrected chi connectivity index (χ4v) is 2.21. The maximum absolute atomic E-state index is 12.0. The zero-order valence-electron chi connectivity index (χ0n) is 13.3. The number of methoxy groups -OCH3 is 1. The lowest BCUT2D eigenvalue weighted by atomic mass is 10.1. The van der Waals surface area contributed by atoms with E-state index in [2.05, 4.69) is 5.32 Å².